The second-order valence-electron chi connectivity index (χ2n) is 2.40. The van der Waals surface area contributed by atoms with Crippen LogP contribution in [-0.2, 0) is 0 Å². The highest BCUT2D eigenvalue weighted by Crippen LogP contribution is 1.93. The molecule has 0 fully saturated rings. The van der Waals surface area contributed by atoms with E-state index in [1.165, 1.54) is 6.07 Å². The van der Waals surface area contributed by atoms with Gasteiger partial charge in [0.2, 0.25) is 5.95 Å². The number of hydrogen-bond donors (Lipinski definition) is 2. The van der Waals surface area contributed by atoms with Gasteiger partial charge in [-0.25, -0.2) is 4.98 Å². The second kappa shape index (κ2) is 3.71. The fourth-order valence-corrected chi connectivity index (χ4v) is 0.832. The first-order valence-corrected chi connectivity index (χ1v) is 3.65. The fourth-order valence-electron chi connectivity index (χ4n) is 0.832. The summed E-state index contributed by atoms with van der Waals surface area (Å²) in [5, 5.41) is 2.89. The van der Waals surface area contributed by atoms with Crippen molar-refractivity contribution < 1.29 is 0 Å². The molecule has 1 rings (SSSR count). The monoisotopic (exact) mass is 165 g/mol. The summed E-state index contributed by atoms with van der Waals surface area (Å²) in [5.41, 5.74) is 0.555. The summed E-state index contributed by atoms with van der Waals surface area (Å²) in [6.07, 6.45) is 1.70. The van der Waals surface area contributed by atoms with Crippen molar-refractivity contribution in [1.82, 2.24) is 9.97 Å². The lowest BCUT2D eigenvalue weighted by molar-refractivity contribution is 1.05. The number of anilines is 1. The normalized spacial score (nSPS) is 9.42. The Labute approximate surface area is 70.4 Å². The highest BCUT2D eigenvalue weighted by atomic mass is 16.1. The quantitative estimate of drug-likeness (QED) is 0.647. The van der Waals surface area contributed by atoms with E-state index in [9.17, 15) is 4.79 Å². The van der Waals surface area contributed by atoms with Gasteiger partial charge in [0.15, 0.2) is 0 Å². The van der Waals surface area contributed by atoms with Gasteiger partial charge in [-0.3, -0.25) is 9.78 Å². The molecule has 12 heavy (non-hydrogen) atoms. The van der Waals surface area contributed by atoms with E-state index in [2.05, 4.69) is 21.9 Å². The Balaban J connectivity index is 2.85. The van der Waals surface area contributed by atoms with Crippen LogP contribution < -0.4 is 10.9 Å². The summed E-state index contributed by atoms with van der Waals surface area (Å²) < 4.78 is 0. The molecule has 0 aliphatic carbocycles. The van der Waals surface area contributed by atoms with Crippen LogP contribution in [0.25, 0.3) is 0 Å². The average molecular weight is 165 g/mol. The Bertz CT molecular complexity index is 329. The number of H-pyrrole nitrogens is 1. The zero-order valence-corrected chi connectivity index (χ0v) is 6.92. The summed E-state index contributed by atoms with van der Waals surface area (Å²) in [4.78, 5) is 17.5. The van der Waals surface area contributed by atoms with Gasteiger partial charge in [-0.05, 0) is 6.92 Å². The first-order chi connectivity index (χ1) is 5.72. The predicted octanol–water partition coefficient (Wildman–Crippen LogP) is 0.676. The van der Waals surface area contributed by atoms with E-state index in [1.807, 2.05) is 0 Å². The van der Waals surface area contributed by atoms with Crippen molar-refractivity contribution in [2.75, 3.05) is 11.9 Å². The Morgan fingerprint density at radius 2 is 2.58 bits per heavy atom. The lowest BCUT2D eigenvalue weighted by atomic mass is 10.4. The Hall–Kier alpha value is -1.58. The molecule has 4 heteroatoms. The maximum Gasteiger partial charge on any atom is 0.252 e. The molecule has 0 bridgehead atoms. The van der Waals surface area contributed by atoms with Gasteiger partial charge in [-0.15, -0.1) is 6.58 Å². The molecule has 0 aliphatic heterocycles. The molecule has 0 saturated heterocycles. The SMILES string of the molecule is C=CCNc1nc(C)cc(=O)[nH]1. The third-order valence-corrected chi connectivity index (χ3v) is 1.28. The molecule has 0 aromatic carbocycles. The molecule has 64 valence electrons. The minimum atomic E-state index is -0.144. The predicted molar refractivity (Wildman–Crippen MR) is 48.3 cm³/mol. The van der Waals surface area contributed by atoms with Gasteiger partial charge < -0.3 is 5.32 Å². The number of aryl methyl sites for hydroxylation is 1. The summed E-state index contributed by atoms with van der Waals surface area (Å²) >= 11 is 0. The number of nitrogens with zero attached hydrogens (tertiary/aromatic N) is 1. The highest BCUT2D eigenvalue weighted by molar-refractivity contribution is 5.25. The lowest BCUT2D eigenvalue weighted by Gasteiger charge is -2.01. The van der Waals surface area contributed by atoms with Gasteiger partial charge in [0.05, 0.1) is 0 Å². The molecule has 0 saturated carbocycles. The molecular weight excluding hydrogens is 154 g/mol. The molecule has 0 radical (unpaired) electrons. The Morgan fingerprint density at radius 1 is 1.83 bits per heavy atom. The standard InChI is InChI=1S/C8H11N3O/c1-3-4-9-8-10-6(2)5-7(12)11-8/h3,5H,1,4H2,2H3,(H2,9,10,11,12). The summed E-state index contributed by atoms with van der Waals surface area (Å²) in [5.74, 6) is 0.486. The zero-order valence-electron chi connectivity index (χ0n) is 6.92. The maximum absolute atomic E-state index is 10.9. The second-order valence-corrected chi connectivity index (χ2v) is 2.40. The van der Waals surface area contributed by atoms with E-state index in [4.69, 9.17) is 0 Å². The largest absolute Gasteiger partial charge is 0.352 e. The minimum Gasteiger partial charge on any atom is -0.352 e. The summed E-state index contributed by atoms with van der Waals surface area (Å²) in [6, 6.07) is 1.44. The van der Waals surface area contributed by atoms with Gasteiger partial charge in [-0.1, -0.05) is 6.08 Å². The van der Waals surface area contributed by atoms with Crippen molar-refractivity contribution >= 4 is 5.95 Å². The van der Waals surface area contributed by atoms with Gasteiger partial charge in [-0.2, -0.15) is 0 Å². The van der Waals surface area contributed by atoms with Gasteiger partial charge in [0.1, 0.15) is 0 Å². The maximum atomic E-state index is 10.9. The number of nitrogens with one attached hydrogen (secondary N) is 2. The number of hydrogen-bond acceptors (Lipinski definition) is 3. The molecule has 1 heterocycles. The fraction of sp³-hybridized carbons (Fsp3) is 0.250. The van der Waals surface area contributed by atoms with Gasteiger partial charge in [0, 0.05) is 18.3 Å². The molecular formula is C8H11N3O. The number of rotatable bonds is 3. The molecule has 0 atom stereocenters. The molecule has 0 amide bonds. The van der Waals surface area contributed by atoms with E-state index >= 15 is 0 Å². The van der Waals surface area contributed by atoms with Crippen molar-refractivity contribution in [3.05, 3.63) is 34.8 Å². The molecule has 1 aromatic rings. The Kier molecular flexibility index (Phi) is 2.63. The third-order valence-electron chi connectivity index (χ3n) is 1.28. The number of aromatic nitrogens is 2. The van der Waals surface area contributed by atoms with E-state index < -0.39 is 0 Å². The van der Waals surface area contributed by atoms with E-state index in [0.29, 0.717) is 18.2 Å². The smallest absolute Gasteiger partial charge is 0.252 e. The van der Waals surface area contributed by atoms with Gasteiger partial charge >= 0.3 is 0 Å². The third kappa shape index (κ3) is 2.23. The van der Waals surface area contributed by atoms with Crippen LogP contribution in [0.4, 0.5) is 5.95 Å². The zero-order chi connectivity index (χ0) is 8.97. The Morgan fingerprint density at radius 3 is 3.17 bits per heavy atom. The molecule has 0 spiro atoms. The van der Waals surface area contributed by atoms with Crippen molar-refractivity contribution in [2.45, 2.75) is 6.92 Å². The van der Waals surface area contributed by atoms with E-state index in [1.54, 1.807) is 13.0 Å². The van der Waals surface area contributed by atoms with E-state index in [-0.39, 0.29) is 5.56 Å². The van der Waals surface area contributed by atoms with Crippen LogP contribution in [0.1, 0.15) is 5.69 Å². The minimum absolute atomic E-state index is 0.144. The van der Waals surface area contributed by atoms with Crippen LogP contribution in [0.2, 0.25) is 0 Å². The van der Waals surface area contributed by atoms with Crippen molar-refractivity contribution in [2.24, 2.45) is 0 Å². The molecule has 1 aromatic heterocycles. The average Bonchev–Trinajstić information content (AvgIpc) is 1.99. The topological polar surface area (TPSA) is 57.8 Å². The van der Waals surface area contributed by atoms with Crippen LogP contribution in [0, 0.1) is 6.92 Å². The van der Waals surface area contributed by atoms with Crippen LogP contribution in [0.15, 0.2) is 23.5 Å². The van der Waals surface area contributed by atoms with Crippen LogP contribution in [-0.4, -0.2) is 16.5 Å². The molecule has 4 nitrogen and oxygen atoms in total. The van der Waals surface area contributed by atoms with Crippen LogP contribution in [0.3, 0.4) is 0 Å². The van der Waals surface area contributed by atoms with Crippen LogP contribution >= 0.6 is 0 Å². The van der Waals surface area contributed by atoms with Gasteiger partial charge in [0.25, 0.3) is 5.56 Å². The van der Waals surface area contributed by atoms with E-state index in [0.717, 1.165) is 0 Å². The molecule has 0 aliphatic rings. The van der Waals surface area contributed by atoms with Crippen molar-refractivity contribution in [3.63, 3.8) is 0 Å². The summed E-state index contributed by atoms with van der Waals surface area (Å²) in [7, 11) is 0. The van der Waals surface area contributed by atoms with Crippen LogP contribution in [0.5, 0.6) is 0 Å². The number of aromatic amines is 1. The summed E-state index contributed by atoms with van der Waals surface area (Å²) in [6.45, 7) is 5.90. The van der Waals surface area contributed by atoms with Crippen molar-refractivity contribution in [1.29, 1.82) is 0 Å². The highest BCUT2D eigenvalue weighted by Gasteiger charge is 1.94. The first-order valence-electron chi connectivity index (χ1n) is 3.65. The lowest BCUT2D eigenvalue weighted by Crippen LogP contribution is -2.12. The molecule has 0 unspecified atom stereocenters. The van der Waals surface area contributed by atoms with Crippen molar-refractivity contribution in [3.8, 4) is 0 Å². The molecule has 2 N–H and O–H groups in total. The first kappa shape index (κ1) is 8.52.